The van der Waals surface area contributed by atoms with Crippen LogP contribution in [-0.2, 0) is 19.4 Å². The second-order valence-corrected chi connectivity index (χ2v) is 10.4. The van der Waals surface area contributed by atoms with E-state index in [1.807, 2.05) is 0 Å². The van der Waals surface area contributed by atoms with Crippen LogP contribution in [0.15, 0.2) is 30.1 Å². The molecule has 1 aliphatic carbocycles. The second-order valence-electron chi connectivity index (χ2n) is 9.29. The van der Waals surface area contributed by atoms with Crippen LogP contribution in [-0.4, -0.2) is 40.2 Å². The molecule has 0 saturated carbocycles. The van der Waals surface area contributed by atoms with Crippen LogP contribution >= 0.6 is 11.3 Å². The number of fused-ring (bicyclic) bond motifs is 2. The largest absolute Gasteiger partial charge is 0.393 e. The van der Waals surface area contributed by atoms with E-state index in [4.69, 9.17) is 0 Å². The number of piperidine rings is 1. The zero-order valence-corrected chi connectivity index (χ0v) is 19.6. The van der Waals surface area contributed by atoms with E-state index in [-0.39, 0.29) is 10.9 Å². The van der Waals surface area contributed by atoms with Gasteiger partial charge in [0.05, 0.1) is 11.8 Å². The molecule has 8 heteroatoms. The Morgan fingerprint density at radius 3 is 2.67 bits per heavy atom. The van der Waals surface area contributed by atoms with Gasteiger partial charge in [0.1, 0.15) is 17.0 Å². The van der Waals surface area contributed by atoms with Crippen molar-refractivity contribution < 1.29 is 13.2 Å². The molecule has 1 N–H and O–H groups in total. The van der Waals surface area contributed by atoms with Gasteiger partial charge < -0.3 is 5.32 Å². The third kappa shape index (κ3) is 5.06. The molecule has 3 heterocycles. The molecule has 0 radical (unpaired) electrons. The summed E-state index contributed by atoms with van der Waals surface area (Å²) in [5.41, 5.74) is 6.99. The molecule has 1 aromatic carbocycles. The van der Waals surface area contributed by atoms with Gasteiger partial charge in [-0.2, -0.15) is 13.2 Å². The molecule has 0 amide bonds. The quantitative estimate of drug-likeness (QED) is 0.484. The van der Waals surface area contributed by atoms with Crippen LogP contribution < -0.4 is 5.32 Å². The van der Waals surface area contributed by atoms with Crippen molar-refractivity contribution >= 4 is 33.4 Å². The molecule has 33 heavy (non-hydrogen) atoms. The highest BCUT2D eigenvalue weighted by Crippen LogP contribution is 2.33. The molecule has 1 fully saturated rings. The number of aryl methyl sites for hydroxylation is 1. The average molecular weight is 473 g/mol. The first-order chi connectivity index (χ1) is 15.7. The summed E-state index contributed by atoms with van der Waals surface area (Å²) in [6, 6.07) is 6.48. The molecule has 4 nitrogen and oxygen atoms in total. The summed E-state index contributed by atoms with van der Waals surface area (Å²) >= 11 is 1.09. The first-order valence-corrected chi connectivity index (χ1v) is 12.1. The molecule has 1 aliphatic heterocycles. The number of rotatable bonds is 5. The predicted molar refractivity (Wildman–Crippen MR) is 128 cm³/mol. The maximum atomic E-state index is 12.8. The number of anilines is 1. The fourth-order valence-electron chi connectivity index (χ4n) is 4.97. The van der Waals surface area contributed by atoms with Crippen LogP contribution in [0, 0.1) is 6.92 Å². The van der Waals surface area contributed by atoms with Gasteiger partial charge in [0.15, 0.2) is 0 Å². The highest BCUT2D eigenvalue weighted by molar-refractivity contribution is 7.18. The molecule has 0 bridgehead atoms. The van der Waals surface area contributed by atoms with Crippen molar-refractivity contribution in [2.24, 2.45) is 0 Å². The second kappa shape index (κ2) is 8.72. The summed E-state index contributed by atoms with van der Waals surface area (Å²) in [6.45, 7) is 7.28. The molecular weight excluding hydrogens is 445 g/mol. The van der Waals surface area contributed by atoms with Crippen LogP contribution in [0.5, 0.6) is 0 Å². The summed E-state index contributed by atoms with van der Waals surface area (Å²) < 4.78 is 38.4. The Morgan fingerprint density at radius 2 is 1.91 bits per heavy atom. The summed E-state index contributed by atoms with van der Waals surface area (Å²) in [5.74, 6) is 0.638. The van der Waals surface area contributed by atoms with E-state index in [0.717, 1.165) is 50.2 Å². The van der Waals surface area contributed by atoms with Gasteiger partial charge in [0, 0.05) is 30.6 Å². The van der Waals surface area contributed by atoms with E-state index in [2.05, 4.69) is 52.2 Å². The lowest BCUT2D eigenvalue weighted by atomic mass is 9.98. The smallest absolute Gasteiger partial charge is 0.367 e. The van der Waals surface area contributed by atoms with Crippen LogP contribution in [0.2, 0.25) is 0 Å². The van der Waals surface area contributed by atoms with E-state index in [0.29, 0.717) is 16.0 Å². The number of alkyl halides is 3. The molecule has 3 aromatic rings. The van der Waals surface area contributed by atoms with Gasteiger partial charge in [-0.3, -0.25) is 4.90 Å². The molecule has 1 saturated heterocycles. The van der Waals surface area contributed by atoms with E-state index in [1.54, 1.807) is 6.07 Å². The minimum absolute atomic E-state index is 0.248. The molecule has 0 unspecified atom stereocenters. The maximum Gasteiger partial charge on any atom is 0.393 e. The number of hydrogen-bond acceptors (Lipinski definition) is 5. The zero-order valence-electron chi connectivity index (χ0n) is 18.8. The van der Waals surface area contributed by atoms with E-state index in [9.17, 15) is 13.2 Å². The number of halogens is 3. The third-order valence-corrected chi connectivity index (χ3v) is 7.56. The van der Waals surface area contributed by atoms with E-state index < -0.39 is 12.6 Å². The maximum absolute atomic E-state index is 12.8. The first kappa shape index (κ1) is 22.3. The fraction of sp³-hybridized carbons (Fsp3) is 0.440. The van der Waals surface area contributed by atoms with Crippen molar-refractivity contribution in [2.75, 3.05) is 18.4 Å². The van der Waals surface area contributed by atoms with Crippen molar-refractivity contribution in [3.8, 4) is 0 Å². The summed E-state index contributed by atoms with van der Waals surface area (Å²) in [5, 5.41) is 4.15. The van der Waals surface area contributed by atoms with Crippen LogP contribution in [0.3, 0.4) is 0 Å². The number of benzene rings is 1. The van der Waals surface area contributed by atoms with Gasteiger partial charge in [-0.25, -0.2) is 9.97 Å². The van der Waals surface area contributed by atoms with Gasteiger partial charge in [-0.1, -0.05) is 23.8 Å². The van der Waals surface area contributed by atoms with Crippen molar-refractivity contribution in [1.29, 1.82) is 0 Å². The van der Waals surface area contributed by atoms with Crippen molar-refractivity contribution in [3.63, 3.8) is 0 Å². The molecule has 174 valence electrons. The minimum Gasteiger partial charge on any atom is -0.367 e. The van der Waals surface area contributed by atoms with Crippen molar-refractivity contribution in [1.82, 2.24) is 14.9 Å². The zero-order chi connectivity index (χ0) is 23.2. The number of thiophene rings is 1. The summed E-state index contributed by atoms with van der Waals surface area (Å²) in [7, 11) is 0. The van der Waals surface area contributed by atoms with Gasteiger partial charge in [0.2, 0.25) is 0 Å². The van der Waals surface area contributed by atoms with Crippen LogP contribution in [0.4, 0.5) is 19.0 Å². The van der Waals surface area contributed by atoms with Gasteiger partial charge >= 0.3 is 6.18 Å². The molecule has 0 atom stereocenters. The Morgan fingerprint density at radius 1 is 1.12 bits per heavy atom. The number of aromatic nitrogens is 2. The van der Waals surface area contributed by atoms with E-state index in [1.165, 1.54) is 34.2 Å². The number of likely N-dealkylation sites (tertiary alicyclic amines) is 1. The molecule has 2 aliphatic rings. The highest BCUT2D eigenvalue weighted by Gasteiger charge is 2.29. The van der Waals surface area contributed by atoms with Crippen molar-refractivity contribution in [2.45, 2.75) is 58.3 Å². The topological polar surface area (TPSA) is 41.0 Å². The summed E-state index contributed by atoms with van der Waals surface area (Å²) in [4.78, 5) is 11.8. The fourth-order valence-corrected chi connectivity index (χ4v) is 6.00. The Labute approximate surface area is 195 Å². The molecule has 0 spiro atoms. The summed E-state index contributed by atoms with van der Waals surface area (Å²) in [6.07, 6.45) is 1.58. The minimum atomic E-state index is -4.22. The number of nitrogens with zero attached hydrogens (tertiary/aromatic N) is 3. The Balaban J connectivity index is 1.21. The van der Waals surface area contributed by atoms with Gasteiger partial charge in [-0.05, 0) is 61.4 Å². The number of allylic oxidation sites excluding steroid dienone is 1. The normalized spacial score (nSPS) is 17.4. The molecule has 5 rings (SSSR count). The molecule has 2 aromatic heterocycles. The van der Waals surface area contributed by atoms with Crippen molar-refractivity contribution in [3.05, 3.63) is 57.2 Å². The van der Waals surface area contributed by atoms with E-state index >= 15 is 0 Å². The average Bonchev–Trinajstić information content (AvgIpc) is 3.31. The Bertz CT molecular complexity index is 1210. The third-order valence-electron chi connectivity index (χ3n) is 6.51. The molecular formula is C25H27F3N4S. The van der Waals surface area contributed by atoms with Gasteiger partial charge in [0.25, 0.3) is 0 Å². The Kier molecular flexibility index (Phi) is 5.91. The lowest BCUT2D eigenvalue weighted by Gasteiger charge is -2.33. The standard InChI is InChI=1S/C25H27F3N4S/c1-15-7-18-10-17(9-16(2)21(18)8-15)13-32-5-3-19(4-6-32)31-23-22-11-20(12-25(26,27)28)33-24(22)30-14-29-23/h7,9-11,14,19H,3-6,8,12-13H2,1-2H3,(H,29,30,31). The number of nitrogens with one attached hydrogen (secondary N) is 1. The predicted octanol–water partition coefficient (Wildman–Crippen LogP) is 6.14. The first-order valence-electron chi connectivity index (χ1n) is 11.3. The van der Waals surface area contributed by atoms with Crippen LogP contribution in [0.1, 0.15) is 46.9 Å². The van der Waals surface area contributed by atoms with Gasteiger partial charge in [-0.15, -0.1) is 11.3 Å². The van der Waals surface area contributed by atoms with Crippen LogP contribution in [0.25, 0.3) is 16.3 Å². The monoisotopic (exact) mass is 472 g/mol. The lowest BCUT2D eigenvalue weighted by molar-refractivity contribution is -0.126. The number of hydrogen-bond donors (Lipinski definition) is 1. The lowest BCUT2D eigenvalue weighted by Crippen LogP contribution is -2.38. The SMILES string of the molecule is CC1=Cc2cc(CN3CCC(Nc4ncnc5sc(CC(F)(F)F)cc45)CC3)cc(C)c2C1. The Hall–Kier alpha value is -2.45. The highest BCUT2D eigenvalue weighted by atomic mass is 32.1.